The van der Waals surface area contributed by atoms with Gasteiger partial charge in [0.05, 0.1) is 0 Å². The molecular weight excluding hydrogens is 122 g/mol. The Kier molecular flexibility index (Phi) is 2.94. The number of azide groups is 1. The van der Waals surface area contributed by atoms with Crippen molar-refractivity contribution in [1.29, 1.82) is 0 Å². The zero-order valence-corrected chi connectivity index (χ0v) is 4.77. The number of carboxylic acids is 1. The van der Waals surface area contributed by atoms with Gasteiger partial charge in [-0.25, -0.2) is 4.79 Å². The standard InChI is InChI=1S/C4H5N3O2/c1-3(4(8)9)2-6-7-5/h2H,1H3,(H,8,9). The lowest BCUT2D eigenvalue weighted by atomic mass is 10.3. The molecule has 0 heterocycles. The molecule has 0 unspecified atom stereocenters. The van der Waals surface area contributed by atoms with Crippen molar-refractivity contribution < 1.29 is 9.90 Å². The quantitative estimate of drug-likeness (QED) is 0.262. The van der Waals surface area contributed by atoms with Gasteiger partial charge in [0.25, 0.3) is 0 Å². The SMILES string of the molecule is CC(=CN=[N+]=[N-])C(=O)O. The minimum atomic E-state index is -1.08. The van der Waals surface area contributed by atoms with Crippen molar-refractivity contribution in [1.82, 2.24) is 0 Å². The highest BCUT2D eigenvalue weighted by Crippen LogP contribution is 1.91. The molecule has 5 heteroatoms. The Morgan fingerprint density at radius 3 is 2.78 bits per heavy atom. The first kappa shape index (κ1) is 7.52. The number of hydrogen-bond acceptors (Lipinski definition) is 2. The van der Waals surface area contributed by atoms with E-state index in [9.17, 15) is 4.79 Å². The second kappa shape index (κ2) is 3.51. The Bertz CT molecular complexity index is 190. The van der Waals surface area contributed by atoms with Crippen LogP contribution in [0.1, 0.15) is 6.92 Å². The summed E-state index contributed by atoms with van der Waals surface area (Å²) in [5.74, 6) is -1.08. The highest BCUT2D eigenvalue weighted by atomic mass is 16.4. The van der Waals surface area contributed by atoms with Gasteiger partial charge in [0.15, 0.2) is 0 Å². The maximum Gasteiger partial charge on any atom is 0.331 e. The minimum Gasteiger partial charge on any atom is -0.478 e. The monoisotopic (exact) mass is 127 g/mol. The van der Waals surface area contributed by atoms with E-state index in [0.717, 1.165) is 6.20 Å². The van der Waals surface area contributed by atoms with Gasteiger partial charge in [-0.3, -0.25) is 0 Å². The second-order valence-corrected chi connectivity index (χ2v) is 1.32. The molecule has 0 saturated heterocycles. The van der Waals surface area contributed by atoms with Crippen molar-refractivity contribution in [3.63, 3.8) is 0 Å². The van der Waals surface area contributed by atoms with Gasteiger partial charge in [-0.2, -0.15) is 0 Å². The molecule has 1 N–H and O–H groups in total. The lowest BCUT2D eigenvalue weighted by Gasteiger charge is -1.84. The second-order valence-electron chi connectivity index (χ2n) is 1.32. The molecule has 0 amide bonds. The fourth-order valence-corrected chi connectivity index (χ4v) is 0.168. The molecule has 5 nitrogen and oxygen atoms in total. The molecule has 9 heavy (non-hydrogen) atoms. The van der Waals surface area contributed by atoms with E-state index < -0.39 is 5.97 Å². The summed E-state index contributed by atoms with van der Waals surface area (Å²) in [6.07, 6.45) is 0.947. The van der Waals surface area contributed by atoms with Crippen molar-refractivity contribution in [3.05, 3.63) is 22.2 Å². The Morgan fingerprint density at radius 2 is 2.44 bits per heavy atom. The summed E-state index contributed by atoms with van der Waals surface area (Å²) in [5.41, 5.74) is 7.74. The van der Waals surface area contributed by atoms with Crippen molar-refractivity contribution >= 4 is 5.97 Å². The molecule has 0 fully saturated rings. The predicted molar refractivity (Wildman–Crippen MR) is 30.5 cm³/mol. The fraction of sp³-hybridized carbons (Fsp3) is 0.250. The summed E-state index contributed by atoms with van der Waals surface area (Å²) in [6, 6.07) is 0. The maximum absolute atomic E-state index is 9.95. The fourth-order valence-electron chi connectivity index (χ4n) is 0.168. The van der Waals surface area contributed by atoms with E-state index in [-0.39, 0.29) is 5.57 Å². The van der Waals surface area contributed by atoms with Gasteiger partial charge < -0.3 is 5.11 Å². The van der Waals surface area contributed by atoms with Crippen LogP contribution in [0.2, 0.25) is 0 Å². The van der Waals surface area contributed by atoms with E-state index in [1.54, 1.807) is 0 Å². The van der Waals surface area contributed by atoms with E-state index >= 15 is 0 Å². The number of aliphatic carboxylic acids is 1. The molecule has 0 radical (unpaired) electrons. The lowest BCUT2D eigenvalue weighted by molar-refractivity contribution is -0.132. The zero-order chi connectivity index (χ0) is 7.28. The van der Waals surface area contributed by atoms with Crippen LogP contribution in [0, 0.1) is 0 Å². The first-order chi connectivity index (χ1) is 4.18. The minimum absolute atomic E-state index is 0.0211. The Labute approximate surface area is 51.2 Å². The largest absolute Gasteiger partial charge is 0.478 e. The molecule has 0 spiro atoms. The first-order valence-electron chi connectivity index (χ1n) is 2.12. The molecule has 0 aromatic rings. The number of rotatable bonds is 2. The summed E-state index contributed by atoms with van der Waals surface area (Å²) >= 11 is 0. The molecule has 0 aromatic heterocycles. The van der Waals surface area contributed by atoms with Gasteiger partial charge in [0, 0.05) is 16.7 Å². The van der Waals surface area contributed by atoms with Crippen molar-refractivity contribution in [2.75, 3.05) is 0 Å². The number of carboxylic acid groups (broad SMARTS) is 1. The summed E-state index contributed by atoms with van der Waals surface area (Å²) in [7, 11) is 0. The molecule has 48 valence electrons. The van der Waals surface area contributed by atoms with Crippen molar-refractivity contribution in [2.45, 2.75) is 6.92 Å². The lowest BCUT2D eigenvalue weighted by Crippen LogP contribution is -1.94. The Balaban J connectivity index is 4.16. The molecule has 0 aliphatic carbocycles. The van der Waals surface area contributed by atoms with Crippen LogP contribution in [0.3, 0.4) is 0 Å². The van der Waals surface area contributed by atoms with Gasteiger partial charge in [0.2, 0.25) is 0 Å². The molecule has 0 aliphatic heterocycles. The van der Waals surface area contributed by atoms with Crippen LogP contribution >= 0.6 is 0 Å². The molecule has 0 bridgehead atoms. The highest BCUT2D eigenvalue weighted by Gasteiger charge is 1.95. The first-order valence-corrected chi connectivity index (χ1v) is 2.12. The van der Waals surface area contributed by atoms with E-state index in [4.69, 9.17) is 10.6 Å². The molecule has 0 atom stereocenters. The van der Waals surface area contributed by atoms with Crippen molar-refractivity contribution in [2.24, 2.45) is 5.11 Å². The summed E-state index contributed by atoms with van der Waals surface area (Å²) in [4.78, 5) is 12.3. The van der Waals surface area contributed by atoms with E-state index in [1.807, 2.05) is 0 Å². The van der Waals surface area contributed by atoms with Gasteiger partial charge >= 0.3 is 5.97 Å². The molecule has 0 aliphatic rings. The highest BCUT2D eigenvalue weighted by molar-refractivity contribution is 5.85. The third-order valence-electron chi connectivity index (χ3n) is 0.640. The average Bonchev–Trinajstić information content (AvgIpc) is 1.82. The summed E-state index contributed by atoms with van der Waals surface area (Å²) in [5, 5.41) is 11.1. The van der Waals surface area contributed by atoms with Gasteiger partial charge in [-0.05, 0) is 12.5 Å². The van der Waals surface area contributed by atoms with Crippen LogP contribution in [0.25, 0.3) is 10.4 Å². The van der Waals surface area contributed by atoms with Crippen molar-refractivity contribution in [3.8, 4) is 0 Å². The van der Waals surface area contributed by atoms with Crippen LogP contribution in [0.4, 0.5) is 0 Å². The van der Waals surface area contributed by atoms with E-state index in [0.29, 0.717) is 0 Å². The number of nitrogens with zero attached hydrogens (tertiary/aromatic N) is 3. The van der Waals surface area contributed by atoms with Gasteiger partial charge in [0.1, 0.15) is 0 Å². The molecule has 0 saturated carbocycles. The van der Waals surface area contributed by atoms with Crippen LogP contribution in [-0.2, 0) is 4.79 Å². The maximum atomic E-state index is 9.95. The molecular formula is C4H5N3O2. The third kappa shape index (κ3) is 3.13. The Morgan fingerprint density at radius 1 is 1.89 bits per heavy atom. The smallest absolute Gasteiger partial charge is 0.331 e. The van der Waals surface area contributed by atoms with E-state index in [1.165, 1.54) is 6.92 Å². The van der Waals surface area contributed by atoms with Crippen LogP contribution in [0.5, 0.6) is 0 Å². The number of carbonyl (C=O) groups is 1. The average molecular weight is 127 g/mol. The van der Waals surface area contributed by atoms with Crippen LogP contribution in [-0.4, -0.2) is 11.1 Å². The molecule has 0 aromatic carbocycles. The van der Waals surface area contributed by atoms with Crippen LogP contribution < -0.4 is 0 Å². The third-order valence-corrected chi connectivity index (χ3v) is 0.640. The predicted octanol–water partition coefficient (Wildman–Crippen LogP) is 1.29. The Hall–Kier alpha value is -1.48. The summed E-state index contributed by atoms with van der Waals surface area (Å²) < 4.78 is 0. The van der Waals surface area contributed by atoms with Crippen LogP contribution in [0.15, 0.2) is 16.9 Å². The molecule has 0 rings (SSSR count). The normalized spacial score (nSPS) is 10.1. The van der Waals surface area contributed by atoms with Gasteiger partial charge in [-0.15, -0.1) is 0 Å². The van der Waals surface area contributed by atoms with E-state index in [2.05, 4.69) is 10.0 Å². The summed E-state index contributed by atoms with van der Waals surface area (Å²) in [6.45, 7) is 1.34. The number of hydrogen-bond donors (Lipinski definition) is 1. The van der Waals surface area contributed by atoms with Gasteiger partial charge in [-0.1, -0.05) is 5.11 Å². The topological polar surface area (TPSA) is 86.1 Å². The zero-order valence-electron chi connectivity index (χ0n) is 4.77.